The highest BCUT2D eigenvalue weighted by Crippen LogP contribution is 2.43. The van der Waals surface area contributed by atoms with Crippen LogP contribution in [0.3, 0.4) is 0 Å². The van der Waals surface area contributed by atoms with Gasteiger partial charge in [0.05, 0.1) is 6.04 Å². The molecule has 0 bridgehead atoms. The van der Waals surface area contributed by atoms with Crippen molar-refractivity contribution in [3.63, 3.8) is 0 Å². The van der Waals surface area contributed by atoms with E-state index < -0.39 is 18.4 Å². The van der Waals surface area contributed by atoms with E-state index in [-0.39, 0.29) is 24.9 Å². The minimum absolute atomic E-state index is 0.0102. The number of nitrogens with one attached hydrogen (secondary N) is 1. The molecule has 1 aliphatic heterocycles. The van der Waals surface area contributed by atoms with Crippen LogP contribution < -0.4 is 15.0 Å². The summed E-state index contributed by atoms with van der Waals surface area (Å²) in [6.07, 6.45) is -1.35. The SMILES string of the molecule is CC(CC1Oc2cc3cc(C(F)CCC(=O)N(O)C(C)C)sc3cc2O1)NO. The van der Waals surface area contributed by atoms with Crippen molar-refractivity contribution >= 4 is 27.3 Å². The Labute approximate surface area is 166 Å². The molecule has 3 rings (SSSR count). The molecule has 0 saturated heterocycles. The summed E-state index contributed by atoms with van der Waals surface area (Å²) in [4.78, 5) is 12.3. The summed E-state index contributed by atoms with van der Waals surface area (Å²) in [6, 6.07) is 4.88. The summed E-state index contributed by atoms with van der Waals surface area (Å²) < 4.78 is 27.0. The molecule has 0 aliphatic carbocycles. The predicted molar refractivity (Wildman–Crippen MR) is 103 cm³/mol. The number of thiophene rings is 1. The molecule has 3 atom stereocenters. The van der Waals surface area contributed by atoms with Crippen molar-refractivity contribution in [2.24, 2.45) is 0 Å². The second-order valence-corrected chi connectivity index (χ2v) is 8.37. The van der Waals surface area contributed by atoms with E-state index in [9.17, 15) is 14.4 Å². The van der Waals surface area contributed by atoms with E-state index in [2.05, 4.69) is 5.48 Å². The number of benzene rings is 1. The zero-order valence-corrected chi connectivity index (χ0v) is 16.8. The molecule has 1 aliphatic rings. The van der Waals surface area contributed by atoms with Crippen molar-refractivity contribution in [3.8, 4) is 11.5 Å². The second-order valence-electron chi connectivity index (χ2n) is 7.25. The lowest BCUT2D eigenvalue weighted by molar-refractivity contribution is -0.173. The molecule has 154 valence electrons. The monoisotopic (exact) mass is 412 g/mol. The Morgan fingerprint density at radius 1 is 1.29 bits per heavy atom. The fourth-order valence-corrected chi connectivity index (χ4v) is 4.03. The number of hydroxylamine groups is 3. The molecule has 9 heteroatoms. The molecule has 0 spiro atoms. The van der Waals surface area contributed by atoms with Crippen LogP contribution in [0.15, 0.2) is 18.2 Å². The summed E-state index contributed by atoms with van der Waals surface area (Å²) in [7, 11) is 0. The Hall–Kier alpha value is -1.94. The van der Waals surface area contributed by atoms with Gasteiger partial charge in [-0.05, 0) is 44.7 Å². The highest BCUT2D eigenvalue weighted by Gasteiger charge is 2.27. The molecule has 3 unspecified atom stereocenters. The van der Waals surface area contributed by atoms with E-state index in [4.69, 9.17) is 14.7 Å². The molecule has 1 aromatic heterocycles. The lowest BCUT2D eigenvalue weighted by Crippen LogP contribution is -2.33. The number of hydrogen-bond donors (Lipinski definition) is 3. The van der Waals surface area contributed by atoms with Gasteiger partial charge < -0.3 is 14.7 Å². The quantitative estimate of drug-likeness (QED) is 0.445. The Kier molecular flexibility index (Phi) is 6.39. The third kappa shape index (κ3) is 4.54. The molecule has 2 aromatic rings. The maximum atomic E-state index is 14.6. The van der Waals surface area contributed by atoms with Crippen molar-refractivity contribution < 1.29 is 29.1 Å². The van der Waals surface area contributed by atoms with Gasteiger partial charge in [0.2, 0.25) is 12.2 Å². The van der Waals surface area contributed by atoms with Crippen LogP contribution in [-0.2, 0) is 4.79 Å². The maximum absolute atomic E-state index is 14.6. The number of alkyl halides is 1. The smallest absolute Gasteiger partial charge is 0.246 e. The van der Waals surface area contributed by atoms with Crippen LogP contribution in [-0.4, -0.2) is 39.8 Å². The number of carbonyl (C=O) groups excluding carboxylic acids is 1. The first kappa shape index (κ1) is 20.8. The van der Waals surface area contributed by atoms with Crippen LogP contribution in [0, 0.1) is 0 Å². The van der Waals surface area contributed by atoms with Gasteiger partial charge in [0, 0.05) is 34.5 Å². The Bertz CT molecular complexity index is 800. The fourth-order valence-electron chi connectivity index (χ4n) is 2.95. The van der Waals surface area contributed by atoms with E-state index in [1.165, 1.54) is 11.3 Å². The van der Waals surface area contributed by atoms with Gasteiger partial charge in [0.1, 0.15) is 6.17 Å². The first-order chi connectivity index (χ1) is 13.3. The van der Waals surface area contributed by atoms with E-state index in [0.717, 1.165) is 10.1 Å². The van der Waals surface area contributed by atoms with Crippen LogP contribution in [0.5, 0.6) is 11.5 Å². The number of carbonyl (C=O) groups is 1. The van der Waals surface area contributed by atoms with E-state index in [1.54, 1.807) is 19.9 Å². The van der Waals surface area contributed by atoms with Crippen molar-refractivity contribution in [3.05, 3.63) is 23.1 Å². The molecule has 1 amide bonds. The van der Waals surface area contributed by atoms with Gasteiger partial charge in [0.15, 0.2) is 11.5 Å². The minimum Gasteiger partial charge on any atom is -0.451 e. The number of amides is 1. The molecular formula is C19H25FN2O5S. The third-order valence-electron chi connectivity index (χ3n) is 4.55. The van der Waals surface area contributed by atoms with Crippen LogP contribution in [0.25, 0.3) is 10.1 Å². The van der Waals surface area contributed by atoms with Gasteiger partial charge in [-0.15, -0.1) is 11.3 Å². The third-order valence-corrected chi connectivity index (χ3v) is 5.73. The molecule has 1 aromatic carbocycles. The number of fused-ring (bicyclic) bond motifs is 2. The predicted octanol–water partition coefficient (Wildman–Crippen LogP) is 4.17. The normalized spacial score (nSPS) is 17.9. The van der Waals surface area contributed by atoms with Crippen LogP contribution in [0.2, 0.25) is 0 Å². The number of nitrogens with zero attached hydrogens (tertiary/aromatic N) is 1. The second kappa shape index (κ2) is 8.60. The average molecular weight is 412 g/mol. The molecule has 28 heavy (non-hydrogen) atoms. The number of ether oxygens (including phenoxy) is 2. The molecule has 7 nitrogen and oxygen atoms in total. The zero-order valence-electron chi connectivity index (χ0n) is 16.0. The summed E-state index contributed by atoms with van der Waals surface area (Å²) in [5.41, 5.74) is 2.16. The molecule has 0 fully saturated rings. The molecule has 3 N–H and O–H groups in total. The van der Waals surface area contributed by atoms with Crippen LogP contribution in [0.1, 0.15) is 51.1 Å². The van der Waals surface area contributed by atoms with Gasteiger partial charge in [-0.2, -0.15) is 0 Å². The van der Waals surface area contributed by atoms with Gasteiger partial charge in [-0.3, -0.25) is 10.0 Å². The van der Waals surface area contributed by atoms with Gasteiger partial charge in [-0.1, -0.05) is 0 Å². The van der Waals surface area contributed by atoms with Crippen molar-refractivity contribution in [1.82, 2.24) is 10.5 Å². The average Bonchev–Trinajstić information content (AvgIpc) is 3.24. The molecule has 0 radical (unpaired) electrons. The largest absolute Gasteiger partial charge is 0.451 e. The number of halogens is 1. The van der Waals surface area contributed by atoms with Gasteiger partial charge in [-0.25, -0.2) is 14.9 Å². The van der Waals surface area contributed by atoms with E-state index >= 15 is 0 Å². The van der Waals surface area contributed by atoms with Gasteiger partial charge in [0.25, 0.3) is 0 Å². The standard InChI is InChI=1S/C19H25FN2O5S/c1-10(2)22(25)18(23)5-4-13(20)17-8-12-7-14-15(9-16(12)28-17)27-19(26-14)6-11(3)21-24/h7-11,13,19,21,24-25H,4-6H2,1-3H3. The summed E-state index contributed by atoms with van der Waals surface area (Å²) in [5, 5.41) is 20.0. The Morgan fingerprint density at radius 2 is 1.96 bits per heavy atom. The molecular weight excluding hydrogens is 387 g/mol. The first-order valence-electron chi connectivity index (χ1n) is 9.24. The Balaban J connectivity index is 1.65. The molecule has 0 saturated carbocycles. The topological polar surface area (TPSA) is 91.3 Å². The van der Waals surface area contributed by atoms with Crippen LogP contribution >= 0.6 is 11.3 Å². The first-order valence-corrected chi connectivity index (χ1v) is 10.1. The van der Waals surface area contributed by atoms with Crippen molar-refractivity contribution in [2.75, 3.05) is 0 Å². The summed E-state index contributed by atoms with van der Waals surface area (Å²) >= 11 is 1.31. The number of rotatable bonds is 8. The lowest BCUT2D eigenvalue weighted by atomic mass is 10.1. The fraction of sp³-hybridized carbons (Fsp3) is 0.526. The Morgan fingerprint density at radius 3 is 2.61 bits per heavy atom. The van der Waals surface area contributed by atoms with E-state index in [0.29, 0.717) is 27.9 Å². The van der Waals surface area contributed by atoms with Crippen LogP contribution in [0.4, 0.5) is 4.39 Å². The van der Waals surface area contributed by atoms with E-state index in [1.807, 2.05) is 19.1 Å². The summed E-state index contributed by atoms with van der Waals surface area (Å²) in [5.74, 6) is 0.692. The highest BCUT2D eigenvalue weighted by atomic mass is 32.1. The van der Waals surface area contributed by atoms with Crippen molar-refractivity contribution in [2.45, 2.75) is 64.6 Å². The maximum Gasteiger partial charge on any atom is 0.246 e. The summed E-state index contributed by atoms with van der Waals surface area (Å²) in [6.45, 7) is 5.18. The molecule has 2 heterocycles. The zero-order chi connectivity index (χ0) is 20.4. The minimum atomic E-state index is -1.29. The van der Waals surface area contributed by atoms with Crippen molar-refractivity contribution in [1.29, 1.82) is 0 Å². The van der Waals surface area contributed by atoms with Gasteiger partial charge >= 0.3 is 0 Å². The number of hydrogen-bond acceptors (Lipinski definition) is 7. The lowest BCUT2D eigenvalue weighted by Gasteiger charge is -2.19. The highest BCUT2D eigenvalue weighted by molar-refractivity contribution is 7.19.